The SMILES string of the molecule is CC(C)OC[C@H]1Cn2c(nc3c2c(=O)n(C)c(=O)n3C)O1. The van der Waals surface area contributed by atoms with Gasteiger partial charge in [-0.05, 0) is 13.8 Å². The van der Waals surface area contributed by atoms with Gasteiger partial charge in [0.15, 0.2) is 11.2 Å². The average molecular weight is 294 g/mol. The molecular formula is C13H18N4O4. The molecule has 1 atom stereocenters. The number of hydrogen-bond donors (Lipinski definition) is 0. The second kappa shape index (κ2) is 4.73. The number of aromatic nitrogens is 4. The topological polar surface area (TPSA) is 80.3 Å². The zero-order valence-electron chi connectivity index (χ0n) is 12.5. The van der Waals surface area contributed by atoms with Crippen molar-refractivity contribution in [3.05, 3.63) is 20.8 Å². The highest BCUT2D eigenvalue weighted by molar-refractivity contribution is 5.72. The highest BCUT2D eigenvalue weighted by atomic mass is 16.6. The summed E-state index contributed by atoms with van der Waals surface area (Å²) >= 11 is 0. The van der Waals surface area contributed by atoms with Crippen LogP contribution in [0.3, 0.4) is 0 Å². The van der Waals surface area contributed by atoms with Crippen LogP contribution in [0.2, 0.25) is 0 Å². The van der Waals surface area contributed by atoms with Crippen LogP contribution >= 0.6 is 0 Å². The van der Waals surface area contributed by atoms with Crippen molar-refractivity contribution in [3.63, 3.8) is 0 Å². The first kappa shape index (κ1) is 13.9. The molecule has 0 amide bonds. The quantitative estimate of drug-likeness (QED) is 0.771. The molecule has 0 radical (unpaired) electrons. The molecule has 0 saturated heterocycles. The Morgan fingerprint density at radius 3 is 2.71 bits per heavy atom. The molecule has 0 fully saturated rings. The van der Waals surface area contributed by atoms with Crippen LogP contribution in [0, 0.1) is 0 Å². The van der Waals surface area contributed by atoms with E-state index in [1.54, 1.807) is 11.6 Å². The predicted octanol–water partition coefficient (Wildman–Crippen LogP) is -0.380. The minimum absolute atomic E-state index is 0.118. The van der Waals surface area contributed by atoms with Crippen LogP contribution in [0.1, 0.15) is 13.8 Å². The van der Waals surface area contributed by atoms with Crippen molar-refractivity contribution in [1.29, 1.82) is 0 Å². The summed E-state index contributed by atoms with van der Waals surface area (Å²) in [5.74, 6) is 0. The Morgan fingerprint density at radius 1 is 1.33 bits per heavy atom. The summed E-state index contributed by atoms with van der Waals surface area (Å²) in [4.78, 5) is 28.5. The van der Waals surface area contributed by atoms with Gasteiger partial charge >= 0.3 is 5.69 Å². The standard InChI is InChI=1S/C13H18N4O4/c1-7(2)20-6-8-5-17-9-10(14-12(17)21-8)15(3)13(19)16(4)11(9)18/h7-8H,5-6H2,1-4H3/t8-/m1/s1. The Morgan fingerprint density at radius 2 is 2.05 bits per heavy atom. The van der Waals surface area contributed by atoms with Crippen molar-refractivity contribution in [2.45, 2.75) is 32.6 Å². The second-order valence-electron chi connectivity index (χ2n) is 5.50. The number of aryl methyl sites for hydroxylation is 1. The normalized spacial score (nSPS) is 17.5. The van der Waals surface area contributed by atoms with Crippen molar-refractivity contribution in [2.75, 3.05) is 6.61 Å². The predicted molar refractivity (Wildman–Crippen MR) is 75.7 cm³/mol. The van der Waals surface area contributed by atoms with Crippen molar-refractivity contribution in [3.8, 4) is 6.01 Å². The highest BCUT2D eigenvalue weighted by Crippen LogP contribution is 2.25. The van der Waals surface area contributed by atoms with Crippen LogP contribution in [-0.2, 0) is 25.4 Å². The largest absolute Gasteiger partial charge is 0.457 e. The average Bonchev–Trinajstić information content (AvgIpc) is 2.97. The van der Waals surface area contributed by atoms with Gasteiger partial charge in [-0.15, -0.1) is 0 Å². The van der Waals surface area contributed by atoms with Gasteiger partial charge in [0, 0.05) is 14.1 Å². The minimum Gasteiger partial charge on any atom is -0.457 e. The van der Waals surface area contributed by atoms with Crippen molar-refractivity contribution in [2.24, 2.45) is 14.1 Å². The first-order valence-electron chi connectivity index (χ1n) is 6.84. The molecular weight excluding hydrogens is 276 g/mol. The van der Waals surface area contributed by atoms with Crippen molar-refractivity contribution < 1.29 is 9.47 Å². The van der Waals surface area contributed by atoms with Crippen LogP contribution in [-0.4, -0.2) is 37.5 Å². The summed E-state index contributed by atoms with van der Waals surface area (Å²) < 4.78 is 15.4. The van der Waals surface area contributed by atoms with Gasteiger partial charge in [0.05, 0.1) is 19.3 Å². The summed E-state index contributed by atoms with van der Waals surface area (Å²) in [6, 6.07) is 0.362. The summed E-state index contributed by atoms with van der Waals surface area (Å²) in [5, 5.41) is 0. The van der Waals surface area contributed by atoms with Gasteiger partial charge in [-0.2, -0.15) is 4.98 Å². The van der Waals surface area contributed by atoms with Gasteiger partial charge in [-0.25, -0.2) is 4.79 Å². The third-order valence-electron chi connectivity index (χ3n) is 3.59. The van der Waals surface area contributed by atoms with E-state index in [1.807, 2.05) is 13.8 Å². The summed E-state index contributed by atoms with van der Waals surface area (Å²) in [6.45, 7) is 4.84. The van der Waals surface area contributed by atoms with E-state index >= 15 is 0 Å². The first-order chi connectivity index (χ1) is 9.90. The second-order valence-corrected chi connectivity index (χ2v) is 5.50. The van der Waals surface area contributed by atoms with E-state index in [0.717, 1.165) is 4.57 Å². The third-order valence-corrected chi connectivity index (χ3v) is 3.59. The molecule has 114 valence electrons. The molecule has 0 aliphatic carbocycles. The smallest absolute Gasteiger partial charge is 0.332 e. The molecule has 8 nitrogen and oxygen atoms in total. The molecule has 0 bridgehead atoms. The molecule has 1 aliphatic rings. The van der Waals surface area contributed by atoms with Gasteiger partial charge in [-0.3, -0.25) is 18.5 Å². The molecule has 2 aromatic heterocycles. The van der Waals surface area contributed by atoms with Crippen molar-refractivity contribution in [1.82, 2.24) is 18.7 Å². The molecule has 1 aliphatic heterocycles. The number of fused-ring (bicyclic) bond motifs is 3. The van der Waals surface area contributed by atoms with E-state index in [0.29, 0.717) is 30.3 Å². The molecule has 0 unspecified atom stereocenters. The lowest BCUT2D eigenvalue weighted by Gasteiger charge is -2.12. The molecule has 0 spiro atoms. The maximum absolute atomic E-state index is 12.3. The van der Waals surface area contributed by atoms with Crippen molar-refractivity contribution >= 4 is 11.2 Å². The Hall–Kier alpha value is -2.09. The first-order valence-corrected chi connectivity index (χ1v) is 6.84. The van der Waals surface area contributed by atoms with Crippen LogP contribution in [0.15, 0.2) is 9.59 Å². The summed E-state index contributed by atoms with van der Waals surface area (Å²) in [7, 11) is 3.05. The molecule has 0 saturated carbocycles. The van der Waals surface area contributed by atoms with Gasteiger partial charge in [0.25, 0.3) is 11.6 Å². The minimum atomic E-state index is -0.399. The van der Waals surface area contributed by atoms with Gasteiger partial charge in [0.2, 0.25) is 0 Å². The third kappa shape index (κ3) is 2.06. The zero-order valence-corrected chi connectivity index (χ0v) is 12.5. The Kier molecular flexibility index (Phi) is 3.12. The molecule has 8 heteroatoms. The van der Waals surface area contributed by atoms with E-state index in [9.17, 15) is 9.59 Å². The fourth-order valence-electron chi connectivity index (χ4n) is 2.46. The monoisotopic (exact) mass is 294 g/mol. The van der Waals surface area contributed by atoms with Gasteiger partial charge < -0.3 is 9.47 Å². The molecule has 3 heterocycles. The Labute approximate surface area is 120 Å². The number of rotatable bonds is 3. The van der Waals surface area contributed by atoms with E-state index in [1.165, 1.54) is 11.6 Å². The molecule has 0 aromatic carbocycles. The lowest BCUT2D eigenvalue weighted by Crippen LogP contribution is -2.37. The molecule has 0 N–H and O–H groups in total. The highest BCUT2D eigenvalue weighted by Gasteiger charge is 2.29. The van der Waals surface area contributed by atoms with Gasteiger partial charge in [0.1, 0.15) is 6.10 Å². The van der Waals surface area contributed by atoms with Gasteiger partial charge in [-0.1, -0.05) is 0 Å². The molecule has 2 aromatic rings. The van der Waals surface area contributed by atoms with E-state index in [-0.39, 0.29) is 17.8 Å². The van der Waals surface area contributed by atoms with Crippen LogP contribution in [0.5, 0.6) is 6.01 Å². The number of ether oxygens (including phenoxy) is 2. The number of nitrogens with zero attached hydrogens (tertiary/aromatic N) is 4. The van der Waals surface area contributed by atoms with Crippen LogP contribution in [0.4, 0.5) is 0 Å². The fourth-order valence-corrected chi connectivity index (χ4v) is 2.46. The zero-order chi connectivity index (χ0) is 15.3. The number of hydrogen-bond acceptors (Lipinski definition) is 5. The van der Waals surface area contributed by atoms with Crippen LogP contribution in [0.25, 0.3) is 11.2 Å². The lowest BCUT2D eigenvalue weighted by molar-refractivity contribution is 0.0224. The van der Waals surface area contributed by atoms with E-state index in [4.69, 9.17) is 9.47 Å². The summed E-state index contributed by atoms with van der Waals surface area (Å²) in [5.41, 5.74) is -0.0205. The van der Waals surface area contributed by atoms with E-state index < -0.39 is 5.69 Å². The molecule has 21 heavy (non-hydrogen) atoms. The van der Waals surface area contributed by atoms with E-state index in [2.05, 4.69) is 4.98 Å². The molecule has 3 rings (SSSR count). The summed E-state index contributed by atoms with van der Waals surface area (Å²) in [6.07, 6.45) is -0.0480. The Balaban J connectivity index is 2.05. The van der Waals surface area contributed by atoms with Crippen LogP contribution < -0.4 is 16.0 Å². The lowest BCUT2D eigenvalue weighted by atomic mass is 10.3. The number of imidazole rings is 1. The fraction of sp³-hybridized carbons (Fsp3) is 0.615. The maximum Gasteiger partial charge on any atom is 0.332 e. The maximum atomic E-state index is 12.3. The Bertz CT molecular complexity index is 814.